The first-order valence-electron chi connectivity index (χ1n) is 9.52. The summed E-state index contributed by atoms with van der Waals surface area (Å²) < 4.78 is 54.9. The number of aliphatic imine (C=N–C) groups is 1. The Morgan fingerprint density at radius 1 is 1.15 bits per heavy atom. The van der Waals surface area contributed by atoms with Crippen LogP contribution in [0, 0.1) is 12.7 Å². The Labute approximate surface area is 196 Å². The monoisotopic (exact) mass is 501 g/mol. The second-order valence-corrected chi connectivity index (χ2v) is 7.63. The van der Waals surface area contributed by atoms with E-state index < -0.39 is 23.6 Å². The number of guanidine groups is 1. The van der Waals surface area contributed by atoms with E-state index in [0.717, 1.165) is 10.7 Å². The van der Waals surface area contributed by atoms with Crippen LogP contribution in [0.5, 0.6) is 0 Å². The Morgan fingerprint density at radius 2 is 1.88 bits per heavy atom. The maximum Gasteiger partial charge on any atom is 0.435 e. The molecule has 33 heavy (non-hydrogen) atoms. The zero-order chi connectivity index (χ0) is 24.3. The molecule has 1 heterocycles. The van der Waals surface area contributed by atoms with Gasteiger partial charge in [0.1, 0.15) is 11.6 Å². The summed E-state index contributed by atoms with van der Waals surface area (Å²) in [7, 11) is 0. The molecule has 2 N–H and O–H groups in total. The molecule has 12 heteroatoms. The van der Waals surface area contributed by atoms with E-state index in [1.54, 1.807) is 25.1 Å². The van der Waals surface area contributed by atoms with Crippen LogP contribution in [-0.2, 0) is 12.7 Å². The van der Waals surface area contributed by atoms with Crippen molar-refractivity contribution in [2.24, 2.45) is 4.99 Å². The number of alkyl halides is 3. The molecule has 0 saturated carbocycles. The number of nitrogens with one attached hydrogen (secondary N) is 2. The van der Waals surface area contributed by atoms with E-state index in [1.165, 1.54) is 25.1 Å². The fourth-order valence-corrected chi connectivity index (χ4v) is 3.21. The average molecular weight is 502 g/mol. The minimum atomic E-state index is -4.67. The van der Waals surface area contributed by atoms with E-state index >= 15 is 0 Å². The van der Waals surface area contributed by atoms with Crippen molar-refractivity contribution in [2.75, 3.05) is 10.6 Å². The molecule has 174 valence electrons. The number of carbonyl (C=O) groups is 1. The molecule has 0 atom stereocenters. The van der Waals surface area contributed by atoms with Gasteiger partial charge in [0.2, 0.25) is 5.96 Å². The highest BCUT2D eigenvalue weighted by Gasteiger charge is 2.38. The lowest BCUT2D eigenvalue weighted by molar-refractivity contribution is -0.141. The van der Waals surface area contributed by atoms with Crippen LogP contribution in [0.2, 0.25) is 10.0 Å². The number of aromatic nitrogens is 2. The van der Waals surface area contributed by atoms with Gasteiger partial charge >= 0.3 is 6.18 Å². The van der Waals surface area contributed by atoms with E-state index in [2.05, 4.69) is 20.7 Å². The molecule has 3 rings (SSSR count). The van der Waals surface area contributed by atoms with Crippen LogP contribution in [0.3, 0.4) is 0 Å². The van der Waals surface area contributed by atoms with Crippen molar-refractivity contribution in [3.05, 3.63) is 75.1 Å². The van der Waals surface area contributed by atoms with Crippen LogP contribution >= 0.6 is 23.2 Å². The highest BCUT2D eigenvalue weighted by Crippen LogP contribution is 2.34. The molecule has 1 aromatic heterocycles. The molecule has 0 radical (unpaired) electrons. The highest BCUT2D eigenvalue weighted by atomic mass is 35.5. The van der Waals surface area contributed by atoms with Gasteiger partial charge in [-0.2, -0.15) is 23.3 Å². The van der Waals surface area contributed by atoms with Crippen LogP contribution in [0.4, 0.5) is 29.1 Å². The van der Waals surface area contributed by atoms with Crippen molar-refractivity contribution in [3.8, 4) is 0 Å². The van der Waals surface area contributed by atoms with Crippen LogP contribution in [0.1, 0.15) is 28.5 Å². The molecule has 0 aliphatic carbocycles. The third-order valence-corrected chi connectivity index (χ3v) is 5.00. The largest absolute Gasteiger partial charge is 0.435 e. The van der Waals surface area contributed by atoms with E-state index in [0.29, 0.717) is 10.7 Å². The van der Waals surface area contributed by atoms with Crippen LogP contribution in [0.15, 0.2) is 47.5 Å². The fourth-order valence-electron chi connectivity index (χ4n) is 2.91. The maximum absolute atomic E-state index is 13.8. The molecule has 0 aliphatic heterocycles. The highest BCUT2D eigenvalue weighted by molar-refractivity contribution is 6.31. The van der Waals surface area contributed by atoms with Crippen LogP contribution in [-0.4, -0.2) is 21.6 Å². The van der Waals surface area contributed by atoms with Crippen molar-refractivity contribution in [1.29, 1.82) is 0 Å². The van der Waals surface area contributed by atoms with Crippen molar-refractivity contribution in [1.82, 2.24) is 9.78 Å². The molecule has 0 saturated heterocycles. The van der Waals surface area contributed by atoms with Crippen LogP contribution in [0.25, 0.3) is 0 Å². The zero-order valence-corrected chi connectivity index (χ0v) is 18.8. The molecule has 0 aliphatic rings. The van der Waals surface area contributed by atoms with Gasteiger partial charge in [-0.05, 0) is 50.2 Å². The van der Waals surface area contributed by atoms with Gasteiger partial charge in [0.25, 0.3) is 5.91 Å². The number of carbonyl (C=O) groups excluding carboxylic acids is 1. The first-order valence-corrected chi connectivity index (χ1v) is 10.3. The van der Waals surface area contributed by atoms with Gasteiger partial charge in [0.15, 0.2) is 5.69 Å². The minimum absolute atomic E-state index is 0.0202. The van der Waals surface area contributed by atoms with Gasteiger partial charge < -0.3 is 10.6 Å². The Bertz CT molecular complexity index is 1220. The second-order valence-electron chi connectivity index (χ2n) is 6.79. The Hall–Kier alpha value is -3.11. The molecule has 3 aromatic rings. The number of hydrogen-bond donors (Lipinski definition) is 2. The predicted molar refractivity (Wildman–Crippen MR) is 120 cm³/mol. The quantitative estimate of drug-likeness (QED) is 0.246. The zero-order valence-electron chi connectivity index (χ0n) is 17.3. The lowest BCUT2D eigenvalue weighted by Gasteiger charge is -2.14. The SMILES string of the molecule is CCn1nc(C(F)(F)F)c(C)c1N/C(=N\C(=O)c1ccc(Cl)c(F)c1)Nc1cccc(Cl)c1. The Balaban J connectivity index is 2.04. The maximum atomic E-state index is 13.8. The molecule has 0 unspecified atom stereocenters. The van der Waals surface area contributed by atoms with Crippen molar-refractivity contribution < 1.29 is 22.4 Å². The Kier molecular flexibility index (Phi) is 7.28. The number of anilines is 2. The van der Waals surface area contributed by atoms with Gasteiger partial charge in [0.05, 0.1) is 5.02 Å². The summed E-state index contributed by atoms with van der Waals surface area (Å²) in [6.45, 7) is 2.97. The van der Waals surface area contributed by atoms with Crippen molar-refractivity contribution in [2.45, 2.75) is 26.6 Å². The minimum Gasteiger partial charge on any atom is -0.326 e. The van der Waals surface area contributed by atoms with E-state index in [-0.39, 0.29) is 34.5 Å². The topological polar surface area (TPSA) is 71.3 Å². The van der Waals surface area contributed by atoms with Gasteiger partial charge in [-0.1, -0.05) is 29.3 Å². The Morgan fingerprint density at radius 3 is 2.48 bits per heavy atom. The number of nitrogens with zero attached hydrogens (tertiary/aromatic N) is 3. The number of hydrogen-bond acceptors (Lipinski definition) is 2. The third-order valence-electron chi connectivity index (χ3n) is 4.46. The molecular formula is C21H17Cl2F4N5O. The van der Waals surface area contributed by atoms with Gasteiger partial charge in [0, 0.05) is 28.4 Å². The van der Waals surface area contributed by atoms with Crippen molar-refractivity contribution in [3.63, 3.8) is 0 Å². The molecule has 2 aromatic carbocycles. The summed E-state index contributed by atoms with van der Waals surface area (Å²) in [5.41, 5.74) is -0.962. The molecule has 0 bridgehead atoms. The number of halogens is 6. The number of benzene rings is 2. The lowest BCUT2D eigenvalue weighted by Crippen LogP contribution is -2.25. The average Bonchev–Trinajstić information content (AvgIpc) is 3.05. The van der Waals surface area contributed by atoms with Crippen LogP contribution < -0.4 is 10.6 Å². The lowest BCUT2D eigenvalue weighted by atomic mass is 10.2. The standard InChI is InChI=1S/C21H17Cl2F4N5O/c1-3-32-18(11(2)17(31-32)21(25,26)27)29-20(28-14-6-4-5-13(22)10-14)30-19(33)12-7-8-15(23)16(24)9-12/h4-10H,3H2,1-2H3,(H2,28,29,30,33). The first kappa shape index (κ1) is 24.5. The number of rotatable bonds is 4. The summed E-state index contributed by atoms with van der Waals surface area (Å²) in [6, 6.07) is 9.76. The van der Waals surface area contributed by atoms with E-state index in [1.807, 2.05) is 0 Å². The molecular weight excluding hydrogens is 485 g/mol. The van der Waals surface area contributed by atoms with E-state index in [4.69, 9.17) is 23.2 Å². The van der Waals surface area contributed by atoms with Gasteiger partial charge in [-0.15, -0.1) is 0 Å². The normalized spacial score (nSPS) is 12.1. The summed E-state index contributed by atoms with van der Waals surface area (Å²) in [4.78, 5) is 16.6. The molecule has 0 spiro atoms. The fraction of sp³-hybridized carbons (Fsp3) is 0.190. The third kappa shape index (κ3) is 5.82. The molecule has 6 nitrogen and oxygen atoms in total. The summed E-state index contributed by atoms with van der Waals surface area (Å²) in [5.74, 6) is -1.92. The first-order chi connectivity index (χ1) is 15.5. The second kappa shape index (κ2) is 9.80. The van der Waals surface area contributed by atoms with Gasteiger partial charge in [-0.3, -0.25) is 4.79 Å². The smallest absolute Gasteiger partial charge is 0.326 e. The molecule has 1 amide bonds. The number of aryl methyl sites for hydroxylation is 1. The van der Waals surface area contributed by atoms with Crippen molar-refractivity contribution >= 4 is 46.6 Å². The summed E-state index contributed by atoms with van der Waals surface area (Å²) in [6.07, 6.45) is -4.67. The summed E-state index contributed by atoms with van der Waals surface area (Å²) in [5, 5.41) is 9.33. The predicted octanol–water partition coefficient (Wildman–Crippen LogP) is 6.40. The number of amides is 1. The van der Waals surface area contributed by atoms with Gasteiger partial charge in [-0.25, -0.2) is 9.07 Å². The molecule has 0 fully saturated rings. The summed E-state index contributed by atoms with van der Waals surface area (Å²) >= 11 is 11.6. The van der Waals surface area contributed by atoms with E-state index in [9.17, 15) is 22.4 Å².